The van der Waals surface area contributed by atoms with Crippen LogP contribution in [0.15, 0.2) is 53.1 Å². The number of amides is 1. The van der Waals surface area contributed by atoms with E-state index in [9.17, 15) is 9.90 Å². The number of hydrogen-bond donors (Lipinski definition) is 1. The van der Waals surface area contributed by atoms with E-state index >= 15 is 0 Å². The molecule has 0 radical (unpaired) electrons. The summed E-state index contributed by atoms with van der Waals surface area (Å²) in [5, 5.41) is 13.6. The number of carbonyl (C=O) groups is 1. The standard InChI is InChI=1S/C23H25N3O4/c1-16-21(17(2)30-24-16)15-29-22-9-4-3-8-20(22)23(28)26-12-10-25(11-13-26)18-6-5-7-19(27)14-18/h3-9,14,27H,10-13,15H2,1-2H3. The van der Waals surface area contributed by atoms with Crippen molar-refractivity contribution in [2.75, 3.05) is 31.1 Å². The van der Waals surface area contributed by atoms with E-state index in [2.05, 4.69) is 10.1 Å². The molecule has 1 saturated heterocycles. The second-order valence-corrected chi connectivity index (χ2v) is 7.39. The van der Waals surface area contributed by atoms with Gasteiger partial charge in [-0.3, -0.25) is 4.79 Å². The summed E-state index contributed by atoms with van der Waals surface area (Å²) in [5.41, 5.74) is 3.21. The number of aromatic nitrogens is 1. The van der Waals surface area contributed by atoms with Crippen LogP contribution in [-0.4, -0.2) is 47.2 Å². The monoisotopic (exact) mass is 407 g/mol. The summed E-state index contributed by atoms with van der Waals surface area (Å²) in [5.74, 6) is 1.48. The Morgan fingerprint density at radius 2 is 1.87 bits per heavy atom. The number of aryl methyl sites for hydroxylation is 2. The fourth-order valence-electron chi connectivity index (χ4n) is 3.65. The average Bonchev–Trinajstić information content (AvgIpc) is 3.09. The van der Waals surface area contributed by atoms with Gasteiger partial charge in [0.25, 0.3) is 5.91 Å². The fraction of sp³-hybridized carbons (Fsp3) is 0.304. The van der Waals surface area contributed by atoms with Gasteiger partial charge in [-0.2, -0.15) is 0 Å². The van der Waals surface area contributed by atoms with Crippen LogP contribution < -0.4 is 9.64 Å². The van der Waals surface area contributed by atoms with E-state index in [0.717, 1.165) is 22.7 Å². The zero-order valence-corrected chi connectivity index (χ0v) is 17.2. The molecule has 1 aliphatic rings. The van der Waals surface area contributed by atoms with Crippen molar-refractivity contribution in [2.45, 2.75) is 20.5 Å². The first-order valence-electron chi connectivity index (χ1n) is 10.00. The Balaban J connectivity index is 1.43. The smallest absolute Gasteiger partial charge is 0.257 e. The summed E-state index contributed by atoms with van der Waals surface area (Å²) in [6, 6.07) is 14.5. The zero-order chi connectivity index (χ0) is 21.1. The number of rotatable bonds is 5. The minimum atomic E-state index is -0.0417. The molecule has 30 heavy (non-hydrogen) atoms. The minimum Gasteiger partial charge on any atom is -0.508 e. The van der Waals surface area contributed by atoms with Crippen LogP contribution in [0.4, 0.5) is 5.69 Å². The van der Waals surface area contributed by atoms with E-state index in [0.29, 0.717) is 44.1 Å². The Kier molecular flexibility index (Phi) is 5.61. The van der Waals surface area contributed by atoms with Crippen LogP contribution in [-0.2, 0) is 6.61 Å². The lowest BCUT2D eigenvalue weighted by Crippen LogP contribution is -2.48. The Hall–Kier alpha value is -3.48. The summed E-state index contributed by atoms with van der Waals surface area (Å²) in [7, 11) is 0. The molecule has 7 heteroatoms. The third-order valence-corrected chi connectivity index (χ3v) is 5.43. The number of phenols is 1. The molecule has 0 bridgehead atoms. The maximum absolute atomic E-state index is 13.2. The molecule has 2 aromatic carbocycles. The van der Waals surface area contributed by atoms with Crippen LogP contribution in [0, 0.1) is 13.8 Å². The zero-order valence-electron chi connectivity index (χ0n) is 17.2. The lowest BCUT2D eigenvalue weighted by Gasteiger charge is -2.36. The summed E-state index contributed by atoms with van der Waals surface area (Å²) >= 11 is 0. The van der Waals surface area contributed by atoms with Gasteiger partial charge in [-0.25, -0.2) is 0 Å². The van der Waals surface area contributed by atoms with Crippen LogP contribution in [0.25, 0.3) is 0 Å². The summed E-state index contributed by atoms with van der Waals surface area (Å²) < 4.78 is 11.2. The van der Waals surface area contributed by atoms with Crippen molar-refractivity contribution in [1.29, 1.82) is 0 Å². The molecular formula is C23H25N3O4. The molecule has 3 aromatic rings. The van der Waals surface area contributed by atoms with Gasteiger partial charge < -0.3 is 24.2 Å². The number of carbonyl (C=O) groups excluding carboxylic acids is 1. The topological polar surface area (TPSA) is 79.0 Å². The van der Waals surface area contributed by atoms with Crippen molar-refractivity contribution in [2.24, 2.45) is 0 Å². The SMILES string of the molecule is Cc1noc(C)c1COc1ccccc1C(=O)N1CCN(c2cccc(O)c2)CC1. The summed E-state index contributed by atoms with van der Waals surface area (Å²) in [6.07, 6.45) is 0. The Labute approximate surface area is 175 Å². The molecule has 1 aliphatic heterocycles. The largest absolute Gasteiger partial charge is 0.508 e. The molecular weight excluding hydrogens is 382 g/mol. The third kappa shape index (κ3) is 4.10. The first-order valence-corrected chi connectivity index (χ1v) is 10.00. The van der Waals surface area contributed by atoms with Gasteiger partial charge in [0.15, 0.2) is 0 Å². The van der Waals surface area contributed by atoms with Gasteiger partial charge in [0.05, 0.1) is 16.8 Å². The molecule has 0 aliphatic carbocycles. The van der Waals surface area contributed by atoms with Crippen LogP contribution in [0.3, 0.4) is 0 Å². The average molecular weight is 407 g/mol. The Bertz CT molecular complexity index is 1020. The molecule has 1 aromatic heterocycles. The van der Waals surface area contributed by atoms with E-state index < -0.39 is 0 Å². The predicted octanol–water partition coefficient (Wildman–Crippen LogP) is 3.54. The van der Waals surface area contributed by atoms with Crippen molar-refractivity contribution < 1.29 is 19.2 Å². The second kappa shape index (κ2) is 8.49. The molecule has 1 fully saturated rings. The third-order valence-electron chi connectivity index (χ3n) is 5.43. The molecule has 0 saturated carbocycles. The number of ether oxygens (including phenoxy) is 1. The first kappa shape index (κ1) is 19.8. The van der Waals surface area contributed by atoms with Crippen LogP contribution >= 0.6 is 0 Å². The van der Waals surface area contributed by atoms with E-state index in [4.69, 9.17) is 9.26 Å². The number of piperazine rings is 1. The van der Waals surface area contributed by atoms with Crippen LogP contribution in [0.2, 0.25) is 0 Å². The van der Waals surface area contributed by atoms with Crippen molar-refractivity contribution in [3.63, 3.8) is 0 Å². The van der Waals surface area contributed by atoms with Gasteiger partial charge in [-0.1, -0.05) is 23.4 Å². The van der Waals surface area contributed by atoms with Crippen LogP contribution in [0.5, 0.6) is 11.5 Å². The van der Waals surface area contributed by atoms with Gasteiger partial charge in [0, 0.05) is 37.9 Å². The maximum atomic E-state index is 13.2. The number of anilines is 1. The van der Waals surface area contributed by atoms with Gasteiger partial charge >= 0.3 is 0 Å². The molecule has 156 valence electrons. The van der Waals surface area contributed by atoms with Crippen molar-refractivity contribution in [1.82, 2.24) is 10.1 Å². The maximum Gasteiger partial charge on any atom is 0.257 e. The Morgan fingerprint density at radius 1 is 1.10 bits per heavy atom. The van der Waals surface area contributed by atoms with E-state index in [-0.39, 0.29) is 11.7 Å². The van der Waals surface area contributed by atoms with Crippen LogP contribution in [0.1, 0.15) is 27.4 Å². The molecule has 1 amide bonds. The fourth-order valence-corrected chi connectivity index (χ4v) is 3.65. The normalized spacial score (nSPS) is 14.1. The number of hydrogen-bond acceptors (Lipinski definition) is 6. The minimum absolute atomic E-state index is 0.0417. The number of para-hydroxylation sites is 1. The summed E-state index contributed by atoms with van der Waals surface area (Å²) in [4.78, 5) is 17.2. The number of aromatic hydroxyl groups is 1. The van der Waals surface area contributed by atoms with E-state index in [1.807, 2.05) is 49.1 Å². The lowest BCUT2D eigenvalue weighted by molar-refractivity contribution is 0.0742. The molecule has 0 unspecified atom stereocenters. The molecule has 2 heterocycles. The van der Waals surface area contributed by atoms with E-state index in [1.165, 1.54) is 0 Å². The van der Waals surface area contributed by atoms with Gasteiger partial charge in [0.1, 0.15) is 23.9 Å². The van der Waals surface area contributed by atoms with Gasteiger partial charge in [0.2, 0.25) is 0 Å². The second-order valence-electron chi connectivity index (χ2n) is 7.39. The highest BCUT2D eigenvalue weighted by molar-refractivity contribution is 5.97. The van der Waals surface area contributed by atoms with Crippen molar-refractivity contribution >= 4 is 11.6 Å². The van der Waals surface area contributed by atoms with Gasteiger partial charge in [-0.15, -0.1) is 0 Å². The number of benzene rings is 2. The molecule has 0 atom stereocenters. The lowest BCUT2D eigenvalue weighted by atomic mass is 10.1. The first-order chi connectivity index (χ1) is 14.5. The quantitative estimate of drug-likeness (QED) is 0.697. The highest BCUT2D eigenvalue weighted by Gasteiger charge is 2.25. The molecule has 7 nitrogen and oxygen atoms in total. The molecule has 1 N–H and O–H groups in total. The Morgan fingerprint density at radius 3 is 2.57 bits per heavy atom. The van der Waals surface area contributed by atoms with E-state index in [1.54, 1.807) is 18.2 Å². The molecule has 0 spiro atoms. The predicted molar refractivity (Wildman–Crippen MR) is 113 cm³/mol. The van der Waals surface area contributed by atoms with Crippen molar-refractivity contribution in [3.8, 4) is 11.5 Å². The van der Waals surface area contributed by atoms with Crippen molar-refractivity contribution in [3.05, 3.63) is 71.1 Å². The number of nitrogens with zero attached hydrogens (tertiary/aromatic N) is 3. The number of phenolic OH excluding ortho intramolecular Hbond substituents is 1. The summed E-state index contributed by atoms with van der Waals surface area (Å²) in [6.45, 7) is 6.64. The highest BCUT2D eigenvalue weighted by Crippen LogP contribution is 2.25. The van der Waals surface area contributed by atoms with Gasteiger partial charge in [-0.05, 0) is 38.1 Å². The molecule has 4 rings (SSSR count). The highest BCUT2D eigenvalue weighted by atomic mass is 16.5.